The summed E-state index contributed by atoms with van der Waals surface area (Å²) in [5, 5.41) is 14.0. The molecule has 0 bridgehead atoms. The van der Waals surface area contributed by atoms with Gasteiger partial charge in [-0.15, -0.1) is 0 Å². The van der Waals surface area contributed by atoms with Crippen molar-refractivity contribution in [1.29, 1.82) is 0 Å². The Morgan fingerprint density at radius 2 is 2.08 bits per heavy atom. The number of hydrogen-bond donors (Lipinski definition) is 2. The highest BCUT2D eigenvalue weighted by atomic mass is 16.3. The fraction of sp³-hybridized carbons (Fsp3) is 0.600. The Labute approximate surface area is 153 Å². The van der Waals surface area contributed by atoms with E-state index in [0.29, 0.717) is 11.3 Å². The van der Waals surface area contributed by atoms with E-state index < -0.39 is 6.10 Å². The van der Waals surface area contributed by atoms with Gasteiger partial charge >= 0.3 is 0 Å². The van der Waals surface area contributed by atoms with E-state index in [4.69, 9.17) is 4.42 Å². The molecule has 26 heavy (non-hydrogen) atoms. The van der Waals surface area contributed by atoms with Gasteiger partial charge in [-0.2, -0.15) is 0 Å². The Kier molecular flexibility index (Phi) is 4.61. The minimum Gasteiger partial charge on any atom is -0.465 e. The molecule has 2 N–H and O–H groups in total. The predicted octanol–water partition coefficient (Wildman–Crippen LogP) is 2.86. The van der Waals surface area contributed by atoms with Crippen LogP contribution in [0.4, 0.5) is 0 Å². The van der Waals surface area contributed by atoms with Crippen molar-refractivity contribution in [2.45, 2.75) is 77.0 Å². The van der Waals surface area contributed by atoms with E-state index in [0.717, 1.165) is 62.1 Å². The van der Waals surface area contributed by atoms with Crippen LogP contribution < -0.4 is 5.32 Å². The second-order valence-corrected chi connectivity index (χ2v) is 7.59. The summed E-state index contributed by atoms with van der Waals surface area (Å²) >= 11 is 0. The summed E-state index contributed by atoms with van der Waals surface area (Å²) in [5.41, 5.74) is 1.76. The summed E-state index contributed by atoms with van der Waals surface area (Å²) in [6.45, 7) is 3.80. The number of nitrogens with zero attached hydrogens (tertiary/aromatic N) is 2. The Balaban J connectivity index is 1.53. The van der Waals surface area contributed by atoms with Gasteiger partial charge in [0.2, 0.25) is 0 Å². The fourth-order valence-electron chi connectivity index (χ4n) is 4.60. The number of furan rings is 1. The average Bonchev–Trinajstić information content (AvgIpc) is 3.19. The molecule has 2 aromatic heterocycles. The van der Waals surface area contributed by atoms with Gasteiger partial charge in [-0.25, -0.2) is 4.98 Å². The average molecular weight is 357 g/mol. The van der Waals surface area contributed by atoms with Gasteiger partial charge in [-0.1, -0.05) is 0 Å². The van der Waals surface area contributed by atoms with Crippen molar-refractivity contribution in [2.75, 3.05) is 0 Å². The van der Waals surface area contributed by atoms with Gasteiger partial charge in [0.05, 0.1) is 23.8 Å². The monoisotopic (exact) mass is 357 g/mol. The van der Waals surface area contributed by atoms with Crippen LogP contribution in [0.3, 0.4) is 0 Å². The van der Waals surface area contributed by atoms with Crippen LogP contribution in [0.1, 0.15) is 71.4 Å². The van der Waals surface area contributed by atoms with Gasteiger partial charge in [0, 0.05) is 24.4 Å². The van der Waals surface area contributed by atoms with Crippen molar-refractivity contribution in [1.82, 2.24) is 14.9 Å². The van der Waals surface area contributed by atoms with Crippen LogP contribution in [0.2, 0.25) is 0 Å². The molecule has 0 saturated heterocycles. The Morgan fingerprint density at radius 1 is 1.27 bits per heavy atom. The van der Waals surface area contributed by atoms with Gasteiger partial charge in [0.25, 0.3) is 5.91 Å². The number of nitrogens with one attached hydrogen (secondary N) is 1. The van der Waals surface area contributed by atoms with Crippen LogP contribution >= 0.6 is 0 Å². The quantitative estimate of drug-likeness (QED) is 0.885. The maximum absolute atomic E-state index is 13.0. The fourth-order valence-corrected chi connectivity index (χ4v) is 4.60. The number of carbonyl (C=O) groups is 1. The minimum atomic E-state index is -0.622. The third kappa shape index (κ3) is 2.96. The molecule has 0 radical (unpaired) electrons. The van der Waals surface area contributed by atoms with Crippen molar-refractivity contribution in [2.24, 2.45) is 0 Å². The Bertz CT molecular complexity index is 807. The molecule has 6 nitrogen and oxygen atoms in total. The largest absolute Gasteiger partial charge is 0.465 e. The van der Waals surface area contributed by atoms with Gasteiger partial charge in [-0.3, -0.25) is 4.79 Å². The number of aromatic nitrogens is 2. The van der Waals surface area contributed by atoms with Crippen molar-refractivity contribution < 1.29 is 14.3 Å². The number of carbonyl (C=O) groups excluding carboxylic acids is 1. The third-order valence-corrected chi connectivity index (χ3v) is 5.93. The minimum absolute atomic E-state index is 0.0455. The van der Waals surface area contributed by atoms with Crippen LogP contribution in [-0.2, 0) is 12.8 Å². The number of rotatable bonds is 3. The number of fused-ring (bicyclic) bond motifs is 1. The summed E-state index contributed by atoms with van der Waals surface area (Å²) in [5.74, 6) is 2.44. The smallest absolute Gasteiger partial charge is 0.255 e. The zero-order chi connectivity index (χ0) is 18.3. The normalized spacial score (nSPS) is 25.7. The molecule has 2 aromatic rings. The first-order valence-corrected chi connectivity index (χ1v) is 9.65. The van der Waals surface area contributed by atoms with E-state index in [1.165, 1.54) is 0 Å². The molecule has 0 spiro atoms. The molecule has 2 heterocycles. The zero-order valence-electron chi connectivity index (χ0n) is 15.5. The maximum Gasteiger partial charge on any atom is 0.255 e. The standard InChI is InChI=1S/C20H27N3O3/c1-12-18(14-6-3-4-9-17(14)26-12)20(25)22-15-7-5-8-16(19(15)24)23-11-10-21-13(23)2/h10-11,15-16,19,24H,3-9H2,1-2H3,(H,22,25)/t15-,16-,19-/m1/s1. The van der Waals surface area contributed by atoms with Crippen LogP contribution in [0.5, 0.6) is 0 Å². The van der Waals surface area contributed by atoms with Gasteiger partial charge in [0.1, 0.15) is 17.3 Å². The van der Waals surface area contributed by atoms with Gasteiger partial charge < -0.3 is 19.4 Å². The van der Waals surface area contributed by atoms with Crippen LogP contribution in [0, 0.1) is 13.8 Å². The number of aryl methyl sites for hydroxylation is 3. The molecule has 2 aliphatic carbocycles. The number of aliphatic hydroxyl groups excluding tert-OH is 1. The van der Waals surface area contributed by atoms with Crippen molar-refractivity contribution in [3.8, 4) is 0 Å². The number of aliphatic hydroxyl groups is 1. The highest BCUT2D eigenvalue weighted by Crippen LogP contribution is 2.32. The predicted molar refractivity (Wildman–Crippen MR) is 97.2 cm³/mol. The Morgan fingerprint density at radius 3 is 2.85 bits per heavy atom. The molecule has 1 amide bonds. The molecule has 1 fully saturated rings. The molecular formula is C20H27N3O3. The van der Waals surface area contributed by atoms with E-state index >= 15 is 0 Å². The van der Waals surface area contributed by atoms with Gasteiger partial charge in [0.15, 0.2) is 0 Å². The third-order valence-electron chi connectivity index (χ3n) is 5.93. The Hall–Kier alpha value is -2.08. The second kappa shape index (κ2) is 6.91. The highest BCUT2D eigenvalue weighted by Gasteiger charge is 2.35. The van der Waals surface area contributed by atoms with Crippen LogP contribution in [0.25, 0.3) is 0 Å². The van der Waals surface area contributed by atoms with E-state index in [9.17, 15) is 9.90 Å². The molecule has 2 aliphatic rings. The van der Waals surface area contributed by atoms with Crippen LogP contribution in [-0.4, -0.2) is 32.7 Å². The molecule has 0 aliphatic heterocycles. The van der Waals surface area contributed by atoms with Crippen molar-refractivity contribution in [3.63, 3.8) is 0 Å². The summed E-state index contributed by atoms with van der Waals surface area (Å²) in [6.07, 6.45) is 9.72. The lowest BCUT2D eigenvalue weighted by molar-refractivity contribution is 0.0391. The first-order chi connectivity index (χ1) is 12.6. The number of hydrogen-bond acceptors (Lipinski definition) is 4. The first kappa shape index (κ1) is 17.3. The second-order valence-electron chi connectivity index (χ2n) is 7.59. The molecule has 6 heteroatoms. The van der Waals surface area contributed by atoms with Crippen LogP contribution in [0.15, 0.2) is 16.8 Å². The molecule has 140 valence electrons. The van der Waals surface area contributed by atoms with E-state index in [-0.39, 0.29) is 18.0 Å². The molecule has 1 saturated carbocycles. The molecule has 4 rings (SSSR count). The SMILES string of the molecule is Cc1oc2c(c1C(=O)N[C@@H]1CCC[C@@H](n3ccnc3C)[C@@H]1O)CCCC2. The first-order valence-electron chi connectivity index (χ1n) is 9.65. The van der Waals surface area contributed by atoms with Gasteiger partial charge in [-0.05, 0) is 52.4 Å². The topological polar surface area (TPSA) is 80.3 Å². The maximum atomic E-state index is 13.0. The summed E-state index contributed by atoms with van der Waals surface area (Å²) in [6, 6.07) is -0.299. The molecule has 0 unspecified atom stereocenters. The number of amides is 1. The molecule has 0 aromatic carbocycles. The molecule has 3 atom stereocenters. The molecular weight excluding hydrogens is 330 g/mol. The number of imidazole rings is 1. The lowest BCUT2D eigenvalue weighted by Crippen LogP contribution is -2.49. The van der Waals surface area contributed by atoms with E-state index in [1.807, 2.05) is 24.6 Å². The van der Waals surface area contributed by atoms with Crippen molar-refractivity contribution in [3.05, 3.63) is 40.9 Å². The zero-order valence-corrected chi connectivity index (χ0v) is 15.5. The highest BCUT2D eigenvalue weighted by molar-refractivity contribution is 5.97. The lowest BCUT2D eigenvalue weighted by atomic mass is 9.87. The van der Waals surface area contributed by atoms with E-state index in [2.05, 4.69) is 10.3 Å². The summed E-state index contributed by atoms with van der Waals surface area (Å²) in [7, 11) is 0. The summed E-state index contributed by atoms with van der Waals surface area (Å²) < 4.78 is 7.86. The van der Waals surface area contributed by atoms with E-state index in [1.54, 1.807) is 6.20 Å². The van der Waals surface area contributed by atoms with Crippen molar-refractivity contribution >= 4 is 5.91 Å². The summed E-state index contributed by atoms with van der Waals surface area (Å²) in [4.78, 5) is 17.2. The lowest BCUT2D eigenvalue weighted by Gasteiger charge is -2.36.